The van der Waals surface area contributed by atoms with E-state index < -0.39 is 11.7 Å². The maximum absolute atomic E-state index is 13.6. The lowest BCUT2D eigenvalue weighted by Crippen LogP contribution is -2.12. The topological polar surface area (TPSA) is 78.3 Å². The van der Waals surface area contributed by atoms with Crippen LogP contribution in [0.1, 0.15) is 10.4 Å². The third-order valence-electron chi connectivity index (χ3n) is 2.39. The lowest BCUT2D eigenvalue weighted by Gasteiger charge is -2.09. The Morgan fingerprint density at radius 2 is 1.95 bits per heavy atom. The molecule has 4 N–H and O–H groups in total. The van der Waals surface area contributed by atoms with E-state index in [9.17, 15) is 9.18 Å². The highest BCUT2D eigenvalue weighted by atomic mass is 79.9. The Bertz CT molecular complexity index is 647. The highest BCUT2D eigenvalue weighted by molar-refractivity contribution is 9.10. The van der Waals surface area contributed by atoms with Gasteiger partial charge in [-0.05, 0) is 46.3 Å². The standard InChI is InChI=1S/C13H10BrFN2O2/c14-10-5-7(16)1-4-12(10)19-8-2-3-9(13(17)18)11(15)6-8/h1-6H,16H2,(H2,17,18). The Kier molecular flexibility index (Phi) is 3.71. The van der Waals surface area contributed by atoms with Crippen molar-refractivity contribution in [2.45, 2.75) is 0 Å². The number of amides is 1. The molecular formula is C13H10BrFN2O2. The predicted octanol–water partition coefficient (Wildman–Crippen LogP) is 3.06. The molecule has 19 heavy (non-hydrogen) atoms. The summed E-state index contributed by atoms with van der Waals surface area (Å²) in [4.78, 5) is 10.9. The number of primary amides is 1. The molecule has 6 heteroatoms. The number of hydrogen-bond donors (Lipinski definition) is 2. The molecule has 2 aromatic carbocycles. The minimum Gasteiger partial charge on any atom is -0.456 e. The number of nitrogens with two attached hydrogens (primary N) is 2. The molecule has 0 atom stereocenters. The summed E-state index contributed by atoms with van der Waals surface area (Å²) in [6, 6.07) is 8.82. The first-order valence-electron chi connectivity index (χ1n) is 5.29. The molecule has 2 rings (SSSR count). The summed E-state index contributed by atoms with van der Waals surface area (Å²) in [6.45, 7) is 0. The summed E-state index contributed by atoms with van der Waals surface area (Å²) in [5.41, 5.74) is 11.0. The quantitative estimate of drug-likeness (QED) is 0.851. The molecule has 0 saturated heterocycles. The summed E-state index contributed by atoms with van der Waals surface area (Å²) in [7, 11) is 0. The van der Waals surface area contributed by atoms with Crippen LogP contribution in [0.4, 0.5) is 10.1 Å². The van der Waals surface area contributed by atoms with Gasteiger partial charge in [0.1, 0.15) is 17.3 Å². The molecule has 0 saturated carbocycles. The van der Waals surface area contributed by atoms with Crippen molar-refractivity contribution in [2.75, 3.05) is 5.73 Å². The van der Waals surface area contributed by atoms with Crippen molar-refractivity contribution in [2.24, 2.45) is 5.73 Å². The van der Waals surface area contributed by atoms with Gasteiger partial charge in [-0.25, -0.2) is 4.39 Å². The first-order chi connectivity index (χ1) is 8.97. The summed E-state index contributed by atoms with van der Waals surface area (Å²) >= 11 is 3.29. The Morgan fingerprint density at radius 1 is 1.21 bits per heavy atom. The first kappa shape index (κ1) is 13.4. The number of ether oxygens (including phenoxy) is 1. The summed E-state index contributed by atoms with van der Waals surface area (Å²) < 4.78 is 19.7. The highest BCUT2D eigenvalue weighted by Crippen LogP contribution is 2.31. The van der Waals surface area contributed by atoms with Crippen molar-refractivity contribution < 1.29 is 13.9 Å². The van der Waals surface area contributed by atoms with Crippen LogP contribution in [-0.2, 0) is 0 Å². The largest absolute Gasteiger partial charge is 0.456 e. The zero-order valence-electron chi connectivity index (χ0n) is 9.69. The average molecular weight is 325 g/mol. The van der Waals surface area contributed by atoms with E-state index in [1.807, 2.05) is 0 Å². The van der Waals surface area contributed by atoms with Crippen molar-refractivity contribution in [3.05, 3.63) is 52.3 Å². The molecule has 0 aliphatic rings. The van der Waals surface area contributed by atoms with Gasteiger partial charge in [0.05, 0.1) is 10.0 Å². The fourth-order valence-corrected chi connectivity index (χ4v) is 1.96. The minimum absolute atomic E-state index is 0.177. The Hall–Kier alpha value is -2.08. The van der Waals surface area contributed by atoms with Gasteiger partial charge >= 0.3 is 0 Å². The molecule has 98 valence electrons. The Morgan fingerprint density at radius 3 is 2.53 bits per heavy atom. The van der Waals surface area contributed by atoms with Gasteiger partial charge in [0, 0.05) is 11.8 Å². The van der Waals surface area contributed by atoms with Crippen LogP contribution >= 0.6 is 15.9 Å². The van der Waals surface area contributed by atoms with Crippen molar-refractivity contribution in [3.8, 4) is 11.5 Å². The SMILES string of the molecule is NC(=O)c1ccc(Oc2ccc(N)cc2Br)cc1F. The summed E-state index contributed by atoms with van der Waals surface area (Å²) in [5.74, 6) is -0.803. The van der Waals surface area contributed by atoms with Gasteiger partial charge in [0.25, 0.3) is 5.91 Å². The van der Waals surface area contributed by atoms with Gasteiger partial charge in [-0.15, -0.1) is 0 Å². The van der Waals surface area contributed by atoms with Gasteiger partial charge in [-0.1, -0.05) is 0 Å². The van der Waals surface area contributed by atoms with Gasteiger partial charge in [0.15, 0.2) is 0 Å². The molecule has 0 radical (unpaired) electrons. The van der Waals surface area contributed by atoms with Crippen LogP contribution in [0.2, 0.25) is 0 Å². The van der Waals surface area contributed by atoms with Crippen molar-refractivity contribution in [1.29, 1.82) is 0 Å². The molecule has 0 bridgehead atoms. The lowest BCUT2D eigenvalue weighted by molar-refractivity contribution is 0.0996. The molecule has 0 aromatic heterocycles. The van der Waals surface area contributed by atoms with Crippen LogP contribution in [0.3, 0.4) is 0 Å². The minimum atomic E-state index is -0.822. The number of hydrogen-bond acceptors (Lipinski definition) is 3. The lowest BCUT2D eigenvalue weighted by atomic mass is 10.2. The number of nitrogen functional groups attached to an aromatic ring is 1. The van der Waals surface area contributed by atoms with E-state index in [0.29, 0.717) is 15.9 Å². The van der Waals surface area contributed by atoms with E-state index in [1.54, 1.807) is 18.2 Å². The molecule has 1 amide bonds. The van der Waals surface area contributed by atoms with Crippen LogP contribution in [0.5, 0.6) is 11.5 Å². The van der Waals surface area contributed by atoms with Gasteiger partial charge in [0.2, 0.25) is 0 Å². The van der Waals surface area contributed by atoms with Gasteiger partial charge < -0.3 is 16.2 Å². The number of anilines is 1. The molecule has 0 fully saturated rings. The van der Waals surface area contributed by atoms with Crippen LogP contribution in [-0.4, -0.2) is 5.91 Å². The molecule has 0 aliphatic heterocycles. The molecular weight excluding hydrogens is 315 g/mol. The number of rotatable bonds is 3. The van der Waals surface area contributed by atoms with E-state index in [0.717, 1.165) is 6.07 Å². The maximum Gasteiger partial charge on any atom is 0.251 e. The van der Waals surface area contributed by atoms with Crippen molar-refractivity contribution in [3.63, 3.8) is 0 Å². The monoisotopic (exact) mass is 324 g/mol. The van der Waals surface area contributed by atoms with E-state index in [1.165, 1.54) is 12.1 Å². The zero-order chi connectivity index (χ0) is 14.0. The maximum atomic E-state index is 13.6. The highest BCUT2D eigenvalue weighted by Gasteiger charge is 2.10. The molecule has 4 nitrogen and oxygen atoms in total. The molecule has 0 aliphatic carbocycles. The second-order valence-electron chi connectivity index (χ2n) is 3.80. The van der Waals surface area contributed by atoms with Crippen LogP contribution < -0.4 is 16.2 Å². The number of carbonyl (C=O) groups is 1. The second-order valence-corrected chi connectivity index (χ2v) is 4.65. The second kappa shape index (κ2) is 5.27. The van der Waals surface area contributed by atoms with E-state index in [4.69, 9.17) is 16.2 Å². The fourth-order valence-electron chi connectivity index (χ4n) is 1.49. The van der Waals surface area contributed by atoms with E-state index in [-0.39, 0.29) is 11.3 Å². The molecule has 0 unspecified atom stereocenters. The zero-order valence-corrected chi connectivity index (χ0v) is 11.3. The third kappa shape index (κ3) is 3.03. The molecule has 2 aromatic rings. The molecule has 0 heterocycles. The van der Waals surface area contributed by atoms with E-state index in [2.05, 4.69) is 15.9 Å². The normalized spacial score (nSPS) is 10.2. The van der Waals surface area contributed by atoms with Crippen molar-refractivity contribution in [1.82, 2.24) is 0 Å². The smallest absolute Gasteiger partial charge is 0.251 e. The summed E-state index contributed by atoms with van der Waals surface area (Å²) in [5, 5.41) is 0. The fraction of sp³-hybridized carbons (Fsp3) is 0. The van der Waals surface area contributed by atoms with Gasteiger partial charge in [-0.3, -0.25) is 4.79 Å². The Labute approximate surface area is 117 Å². The van der Waals surface area contributed by atoms with Gasteiger partial charge in [-0.2, -0.15) is 0 Å². The van der Waals surface area contributed by atoms with Crippen molar-refractivity contribution >= 4 is 27.5 Å². The van der Waals surface area contributed by atoms with E-state index >= 15 is 0 Å². The average Bonchev–Trinajstić information content (AvgIpc) is 2.32. The number of benzene rings is 2. The van der Waals surface area contributed by atoms with Crippen LogP contribution in [0, 0.1) is 5.82 Å². The third-order valence-corrected chi connectivity index (χ3v) is 3.01. The number of halogens is 2. The van der Waals surface area contributed by atoms with Crippen LogP contribution in [0.25, 0.3) is 0 Å². The molecule has 0 spiro atoms. The summed E-state index contributed by atoms with van der Waals surface area (Å²) in [6.07, 6.45) is 0. The van der Waals surface area contributed by atoms with Crippen LogP contribution in [0.15, 0.2) is 40.9 Å². The first-order valence-corrected chi connectivity index (χ1v) is 6.09. The number of carbonyl (C=O) groups excluding carboxylic acids is 1. The predicted molar refractivity (Wildman–Crippen MR) is 73.5 cm³/mol. The Balaban J connectivity index is 2.29.